The summed E-state index contributed by atoms with van der Waals surface area (Å²) in [7, 11) is -3.22. The second-order valence-electron chi connectivity index (χ2n) is 8.95. The number of rotatable bonds is 5. The summed E-state index contributed by atoms with van der Waals surface area (Å²) in [6, 6.07) is 4.77. The highest BCUT2D eigenvalue weighted by Gasteiger charge is 2.30. The number of nitrogens with two attached hydrogens (primary N) is 1. The number of nitrogens with zero attached hydrogens (tertiary/aromatic N) is 4. The Morgan fingerprint density at radius 3 is 2.60 bits per heavy atom. The van der Waals surface area contributed by atoms with Gasteiger partial charge in [0.05, 0.1) is 17.1 Å². The van der Waals surface area contributed by atoms with Crippen LogP contribution < -0.4 is 21.5 Å². The van der Waals surface area contributed by atoms with Crippen molar-refractivity contribution in [2.75, 3.05) is 29.5 Å². The molecule has 4 heterocycles. The number of aromatic nitrogens is 2. The molecule has 2 aromatic rings. The highest BCUT2D eigenvalue weighted by Crippen LogP contribution is 2.26. The number of pyridine rings is 1. The van der Waals surface area contributed by atoms with Crippen molar-refractivity contribution in [2.45, 2.75) is 32.2 Å². The Morgan fingerprint density at radius 2 is 2.00 bits per heavy atom. The van der Waals surface area contributed by atoms with Crippen LogP contribution in [0.15, 0.2) is 28.7 Å². The maximum absolute atomic E-state index is 13.5. The number of carbonyl (C=O) groups excluding carboxylic acids is 2. The number of hydrogen-bond donors (Lipinski definition) is 2. The van der Waals surface area contributed by atoms with E-state index in [1.54, 1.807) is 12.3 Å². The molecule has 2 aliphatic rings. The fraction of sp³-hybridized carbons (Fsp3) is 0.435. The van der Waals surface area contributed by atoms with Crippen LogP contribution in [-0.4, -0.2) is 60.3 Å². The van der Waals surface area contributed by atoms with Gasteiger partial charge in [0.1, 0.15) is 23.1 Å². The lowest BCUT2D eigenvalue weighted by Crippen LogP contribution is -2.40. The molecule has 0 spiro atoms. The number of piperidine rings is 1. The van der Waals surface area contributed by atoms with Gasteiger partial charge < -0.3 is 16.0 Å². The van der Waals surface area contributed by atoms with Gasteiger partial charge in [-0.25, -0.2) is 13.4 Å². The summed E-state index contributed by atoms with van der Waals surface area (Å²) < 4.78 is 24.8. The lowest BCUT2D eigenvalue weighted by molar-refractivity contribution is -0.122. The summed E-state index contributed by atoms with van der Waals surface area (Å²) in [4.78, 5) is 44.4. The van der Waals surface area contributed by atoms with Gasteiger partial charge in [0.2, 0.25) is 5.91 Å². The van der Waals surface area contributed by atoms with Crippen LogP contribution in [0.4, 0.5) is 5.82 Å². The van der Waals surface area contributed by atoms with E-state index in [2.05, 4.69) is 5.32 Å². The Morgan fingerprint density at radius 1 is 1.29 bits per heavy atom. The molecule has 0 bridgehead atoms. The molecule has 184 valence electrons. The van der Waals surface area contributed by atoms with E-state index in [1.165, 1.54) is 10.5 Å². The van der Waals surface area contributed by atoms with Crippen LogP contribution in [0.25, 0.3) is 11.7 Å². The molecule has 11 nitrogen and oxygen atoms in total. The Balaban J connectivity index is 1.75. The number of anilines is 1. The molecule has 0 unspecified atom stereocenters. The van der Waals surface area contributed by atoms with Gasteiger partial charge in [-0.1, -0.05) is 6.07 Å². The van der Waals surface area contributed by atoms with Crippen molar-refractivity contribution in [2.24, 2.45) is 11.7 Å². The first kappa shape index (κ1) is 24.4. The predicted octanol–water partition coefficient (Wildman–Crippen LogP) is -0.0851. The second-order valence-corrected chi connectivity index (χ2v) is 11.2. The van der Waals surface area contributed by atoms with Crippen LogP contribution in [-0.2, 0) is 19.4 Å². The Bertz CT molecular complexity index is 1430. The van der Waals surface area contributed by atoms with Crippen LogP contribution in [0.1, 0.15) is 30.4 Å². The number of primary amides is 1. The van der Waals surface area contributed by atoms with Gasteiger partial charge in [0.25, 0.3) is 11.5 Å². The maximum Gasteiger partial charge on any atom is 0.267 e. The van der Waals surface area contributed by atoms with E-state index in [0.29, 0.717) is 37.4 Å². The molecule has 2 saturated heterocycles. The first-order valence-electron chi connectivity index (χ1n) is 11.3. The Kier molecular flexibility index (Phi) is 6.62. The number of amides is 2. The van der Waals surface area contributed by atoms with Crippen molar-refractivity contribution < 1.29 is 18.0 Å². The van der Waals surface area contributed by atoms with Crippen LogP contribution in [0.2, 0.25) is 0 Å². The quantitative estimate of drug-likeness (QED) is 0.426. The minimum Gasteiger partial charge on any atom is -0.369 e. The van der Waals surface area contributed by atoms with Crippen molar-refractivity contribution in [1.29, 1.82) is 5.26 Å². The average Bonchev–Trinajstić information content (AvgIpc) is 3.16. The summed E-state index contributed by atoms with van der Waals surface area (Å²) in [5.41, 5.74) is 5.96. The number of aryl methyl sites for hydroxylation is 1. The summed E-state index contributed by atoms with van der Waals surface area (Å²) in [5, 5.41) is 12.3. The minimum atomic E-state index is -3.22. The van der Waals surface area contributed by atoms with E-state index in [0.717, 1.165) is 5.56 Å². The zero-order valence-corrected chi connectivity index (χ0v) is 20.0. The van der Waals surface area contributed by atoms with Gasteiger partial charge in [0.15, 0.2) is 9.84 Å². The monoisotopic (exact) mass is 498 g/mol. The van der Waals surface area contributed by atoms with Crippen molar-refractivity contribution in [3.8, 4) is 6.07 Å². The number of nitriles is 1. The van der Waals surface area contributed by atoms with Crippen LogP contribution >= 0.6 is 0 Å². The molecule has 1 atom stereocenters. The van der Waals surface area contributed by atoms with Gasteiger partial charge in [0, 0.05) is 31.2 Å². The van der Waals surface area contributed by atoms with Crippen LogP contribution in [0, 0.1) is 24.2 Å². The fourth-order valence-electron chi connectivity index (χ4n) is 4.51. The molecule has 2 aromatic heterocycles. The van der Waals surface area contributed by atoms with Crippen molar-refractivity contribution in [1.82, 2.24) is 14.7 Å². The Labute approximate surface area is 202 Å². The van der Waals surface area contributed by atoms with E-state index < -0.39 is 27.3 Å². The van der Waals surface area contributed by atoms with Gasteiger partial charge in [-0.3, -0.25) is 18.8 Å². The normalized spacial score (nSPS) is 20.5. The largest absolute Gasteiger partial charge is 0.369 e. The number of hydrogen-bond acceptors (Lipinski definition) is 8. The molecule has 0 radical (unpaired) electrons. The summed E-state index contributed by atoms with van der Waals surface area (Å²) in [6.45, 7) is 2.68. The second kappa shape index (κ2) is 9.50. The highest BCUT2D eigenvalue weighted by molar-refractivity contribution is 7.91. The van der Waals surface area contributed by atoms with Crippen LogP contribution in [0.3, 0.4) is 0 Å². The van der Waals surface area contributed by atoms with Gasteiger partial charge in [-0.2, -0.15) is 5.26 Å². The Hall–Kier alpha value is -3.72. The first-order chi connectivity index (χ1) is 16.6. The number of sulfone groups is 1. The van der Waals surface area contributed by atoms with Gasteiger partial charge in [-0.15, -0.1) is 0 Å². The molecule has 2 amide bonds. The molecule has 35 heavy (non-hydrogen) atoms. The minimum absolute atomic E-state index is 0.0236. The van der Waals surface area contributed by atoms with E-state index in [-0.39, 0.29) is 40.9 Å². The molecule has 0 aliphatic carbocycles. The van der Waals surface area contributed by atoms with Gasteiger partial charge >= 0.3 is 0 Å². The third kappa shape index (κ3) is 5.05. The highest BCUT2D eigenvalue weighted by atomic mass is 32.2. The standard InChI is InChI=1S/C23H26N6O5S/c1-14-3-2-7-29-20(14)27-21(28-8-4-15(5-9-28)19(25)30)18(23(29)32)11-16(12-24)22(31)26-17-6-10-35(33,34)13-17/h2-3,7,11,15,17H,4-6,8-10,13H2,1H3,(H2,25,30)(H,26,31)/b16-11+/t17-/m1/s1. The topological polar surface area (TPSA) is 168 Å². The van der Waals surface area contributed by atoms with E-state index in [1.807, 2.05) is 24.0 Å². The smallest absolute Gasteiger partial charge is 0.267 e. The molecule has 0 aromatic carbocycles. The molecule has 4 rings (SSSR count). The van der Waals surface area contributed by atoms with E-state index >= 15 is 0 Å². The van der Waals surface area contributed by atoms with Crippen molar-refractivity contribution >= 4 is 39.2 Å². The van der Waals surface area contributed by atoms with Crippen molar-refractivity contribution in [3.05, 3.63) is 45.4 Å². The number of nitrogens with one attached hydrogen (secondary N) is 1. The average molecular weight is 499 g/mol. The zero-order chi connectivity index (χ0) is 25.3. The molecular formula is C23H26N6O5S. The third-order valence-electron chi connectivity index (χ3n) is 6.48. The summed E-state index contributed by atoms with van der Waals surface area (Å²) >= 11 is 0. The predicted molar refractivity (Wildman–Crippen MR) is 129 cm³/mol. The number of carbonyl (C=O) groups is 2. The van der Waals surface area contributed by atoms with E-state index in [4.69, 9.17) is 10.7 Å². The fourth-order valence-corrected chi connectivity index (χ4v) is 6.18. The molecule has 2 aliphatic heterocycles. The number of fused-ring (bicyclic) bond motifs is 1. The molecule has 3 N–H and O–H groups in total. The van der Waals surface area contributed by atoms with E-state index in [9.17, 15) is 28.1 Å². The molecular weight excluding hydrogens is 472 g/mol. The first-order valence-corrected chi connectivity index (χ1v) is 13.1. The third-order valence-corrected chi connectivity index (χ3v) is 8.25. The van der Waals surface area contributed by atoms with Gasteiger partial charge in [-0.05, 0) is 43.9 Å². The lowest BCUT2D eigenvalue weighted by Gasteiger charge is -2.32. The van der Waals surface area contributed by atoms with Crippen LogP contribution in [0.5, 0.6) is 0 Å². The zero-order valence-electron chi connectivity index (χ0n) is 19.2. The molecule has 12 heteroatoms. The summed E-state index contributed by atoms with van der Waals surface area (Å²) in [6.07, 6.45) is 4.03. The SMILES string of the molecule is Cc1cccn2c(=O)c(/C=C(\C#N)C(=O)N[C@@H]3CCS(=O)(=O)C3)c(N3CCC(C(N)=O)CC3)nc12. The van der Waals surface area contributed by atoms with Crippen molar-refractivity contribution in [3.63, 3.8) is 0 Å². The lowest BCUT2D eigenvalue weighted by atomic mass is 9.96. The maximum atomic E-state index is 13.5. The molecule has 0 saturated carbocycles. The summed E-state index contributed by atoms with van der Waals surface area (Å²) in [5.74, 6) is -1.28. The molecule has 2 fully saturated rings.